The third-order valence-electron chi connectivity index (χ3n) is 0.362. The van der Waals surface area contributed by atoms with Gasteiger partial charge in [-0.1, -0.05) is 0 Å². The number of H-pyrrole nitrogens is 1. The number of nitrogens with one attached hydrogen (secondary N) is 1. The van der Waals surface area contributed by atoms with Crippen molar-refractivity contribution in [1.82, 2.24) is 10.2 Å². The molecule has 0 saturated heterocycles. The Labute approximate surface area is 31.2 Å². The Hall–Kier alpha value is -0.790. The van der Waals surface area contributed by atoms with Crippen LogP contribution in [0.25, 0.3) is 0 Å². The number of nitrogens with zero attached hydrogens (tertiary/aromatic N) is 1. The van der Waals surface area contributed by atoms with E-state index < -0.39 is 0 Å². The van der Waals surface area contributed by atoms with Crippen molar-refractivity contribution < 1.29 is 1.37 Å². The molecule has 0 fully saturated rings. The lowest BCUT2D eigenvalue weighted by molar-refractivity contribution is 1.09. The fraction of sp³-hybridized carbons (Fsp3) is 0. The van der Waals surface area contributed by atoms with Crippen LogP contribution in [0.15, 0.2) is 18.4 Å². The Morgan fingerprint density at radius 1 is 2.00 bits per heavy atom. The maximum atomic E-state index is 6.78. The third-order valence-corrected chi connectivity index (χ3v) is 0.362. The fourth-order valence-corrected chi connectivity index (χ4v) is 0.186. The van der Waals surface area contributed by atoms with E-state index in [0.717, 1.165) is 0 Å². The quantitative estimate of drug-likeness (QED) is 0.469. The first-order valence-corrected chi connectivity index (χ1v) is 1.35. The van der Waals surface area contributed by atoms with Crippen molar-refractivity contribution >= 4 is 0 Å². The van der Waals surface area contributed by atoms with Gasteiger partial charge in [0.25, 0.3) is 0 Å². The van der Waals surface area contributed by atoms with Gasteiger partial charge in [0.1, 0.15) is 0 Å². The molecule has 0 aliphatic rings. The lowest BCUT2D eigenvalue weighted by atomic mass is 10.8. The Morgan fingerprint density at radius 3 is 3.20 bits per heavy atom. The highest BCUT2D eigenvalue weighted by atomic mass is 15.1. The highest BCUT2D eigenvalue weighted by Crippen LogP contribution is 1.64. The van der Waals surface area contributed by atoms with Gasteiger partial charge >= 0.3 is 0 Å². The van der Waals surface area contributed by atoms with Crippen LogP contribution in [0.4, 0.5) is 0 Å². The van der Waals surface area contributed by atoms with Crippen LogP contribution in [0.1, 0.15) is 1.37 Å². The summed E-state index contributed by atoms with van der Waals surface area (Å²) in [4.78, 5) is 0. The molecular weight excluding hydrogens is 64.0 g/mol. The molecule has 0 aliphatic heterocycles. The summed E-state index contributed by atoms with van der Waals surface area (Å²) >= 11 is 0. The van der Waals surface area contributed by atoms with Gasteiger partial charge in [0.2, 0.25) is 0 Å². The molecule has 1 aromatic heterocycles. The zero-order valence-electron chi connectivity index (χ0n) is 3.60. The largest absolute Gasteiger partial charge is 0.286 e. The maximum Gasteiger partial charge on any atom is 0.0656 e. The van der Waals surface area contributed by atoms with Gasteiger partial charge < -0.3 is 0 Å². The zero-order valence-corrected chi connectivity index (χ0v) is 2.60. The summed E-state index contributed by atoms with van der Waals surface area (Å²) in [5.74, 6) is 0. The van der Waals surface area contributed by atoms with Crippen molar-refractivity contribution in [3.8, 4) is 0 Å². The number of rotatable bonds is 0. The predicted octanol–water partition coefficient (Wildman–Crippen LogP) is 0.410. The summed E-state index contributed by atoms with van der Waals surface area (Å²) in [5.41, 5.74) is 0. The van der Waals surface area contributed by atoms with E-state index in [-0.39, 0.29) is 0 Å². The first kappa shape index (κ1) is 1.60. The van der Waals surface area contributed by atoms with Crippen molar-refractivity contribution in [3.05, 3.63) is 18.4 Å². The summed E-state index contributed by atoms with van der Waals surface area (Å²) in [6.07, 6.45) is 2.96. The molecule has 5 heavy (non-hydrogen) atoms. The van der Waals surface area contributed by atoms with Crippen molar-refractivity contribution in [2.75, 3.05) is 0 Å². The van der Waals surface area contributed by atoms with Crippen LogP contribution < -0.4 is 0 Å². The lowest BCUT2D eigenvalue weighted by Crippen LogP contribution is -1.53. The van der Waals surface area contributed by atoms with Gasteiger partial charge in [-0.2, -0.15) is 5.10 Å². The molecule has 0 unspecified atom stereocenters. The second-order valence-corrected chi connectivity index (χ2v) is 0.698. The first-order chi connectivity index (χ1) is 2.89. The minimum Gasteiger partial charge on any atom is -0.286 e. The summed E-state index contributed by atoms with van der Waals surface area (Å²) in [7, 11) is 0. The van der Waals surface area contributed by atoms with Gasteiger partial charge in [0.15, 0.2) is 0 Å². The molecule has 0 bridgehead atoms. The van der Waals surface area contributed by atoms with Gasteiger partial charge in [-0.05, 0) is 6.04 Å². The van der Waals surface area contributed by atoms with Crippen LogP contribution in [0, 0.1) is 0 Å². The van der Waals surface area contributed by atoms with E-state index in [4.69, 9.17) is 1.37 Å². The molecule has 0 atom stereocenters. The van der Waals surface area contributed by atoms with Crippen molar-refractivity contribution in [3.63, 3.8) is 0 Å². The SMILES string of the molecule is [2H]c1cn[nH]c1. The molecule has 26 valence electrons. The van der Waals surface area contributed by atoms with E-state index in [0.29, 0.717) is 6.04 Å². The molecule has 1 rings (SSSR count). The first-order valence-electron chi connectivity index (χ1n) is 1.85. The van der Waals surface area contributed by atoms with Gasteiger partial charge in [-0.25, -0.2) is 0 Å². The highest BCUT2D eigenvalue weighted by molar-refractivity contribution is 4.72. The Balaban J connectivity index is 3.05. The highest BCUT2D eigenvalue weighted by Gasteiger charge is 1.56. The Morgan fingerprint density at radius 2 is 3.00 bits per heavy atom. The van der Waals surface area contributed by atoms with Crippen LogP contribution in [-0.2, 0) is 0 Å². The molecule has 1 N–H and O–H groups in total. The minimum absolute atomic E-state index is 0.426. The smallest absolute Gasteiger partial charge is 0.0656 e. The van der Waals surface area contributed by atoms with Crippen LogP contribution in [0.3, 0.4) is 0 Å². The van der Waals surface area contributed by atoms with E-state index in [9.17, 15) is 0 Å². The maximum absolute atomic E-state index is 6.78. The molecule has 0 saturated carbocycles. The van der Waals surface area contributed by atoms with Gasteiger partial charge in [0.05, 0.1) is 1.37 Å². The molecule has 1 aromatic rings. The summed E-state index contributed by atoms with van der Waals surface area (Å²) in [5, 5.41) is 6.00. The number of aromatic nitrogens is 2. The van der Waals surface area contributed by atoms with Gasteiger partial charge in [0, 0.05) is 12.4 Å². The molecule has 2 heteroatoms. The van der Waals surface area contributed by atoms with Gasteiger partial charge in [-0.3, -0.25) is 5.10 Å². The standard InChI is InChI=1S/C3H4N2/c1-2-4-5-3-1/h1-3H,(H,4,5)/i1D. The molecule has 0 aromatic carbocycles. The Bertz CT molecular complexity index is 112. The van der Waals surface area contributed by atoms with Crippen molar-refractivity contribution in [2.45, 2.75) is 0 Å². The van der Waals surface area contributed by atoms with Crippen LogP contribution >= 0.6 is 0 Å². The summed E-state index contributed by atoms with van der Waals surface area (Å²) < 4.78 is 6.78. The average Bonchev–Trinajstić information content (AvgIpc) is 1.86. The fourth-order valence-electron chi connectivity index (χ4n) is 0.186. The molecule has 0 amide bonds. The molecule has 0 spiro atoms. The van der Waals surface area contributed by atoms with Gasteiger partial charge in [-0.15, -0.1) is 0 Å². The molecule has 0 radical (unpaired) electrons. The van der Waals surface area contributed by atoms with Crippen LogP contribution in [0.5, 0.6) is 0 Å². The Kier molecular flexibility index (Phi) is 0.283. The third kappa shape index (κ3) is 0.265. The number of hydrogen-bond acceptors (Lipinski definition) is 1. The van der Waals surface area contributed by atoms with Crippen LogP contribution in [0.2, 0.25) is 0 Å². The number of hydrogen-bond donors (Lipinski definition) is 1. The second-order valence-electron chi connectivity index (χ2n) is 0.698. The molecule has 1 heterocycles. The van der Waals surface area contributed by atoms with Crippen LogP contribution in [-0.4, -0.2) is 10.2 Å². The van der Waals surface area contributed by atoms with E-state index >= 15 is 0 Å². The average molecular weight is 69.1 g/mol. The zero-order chi connectivity index (χ0) is 4.41. The topological polar surface area (TPSA) is 28.7 Å². The second kappa shape index (κ2) is 0.885. The van der Waals surface area contributed by atoms with E-state index in [1.807, 2.05) is 0 Å². The minimum atomic E-state index is 0.426. The normalized spacial score (nSPS) is 10.8. The molecular formula is C3H4N2. The van der Waals surface area contributed by atoms with Crippen molar-refractivity contribution in [2.24, 2.45) is 0 Å². The van der Waals surface area contributed by atoms with E-state index in [1.165, 1.54) is 12.4 Å². The van der Waals surface area contributed by atoms with E-state index in [2.05, 4.69) is 10.2 Å². The number of aromatic amines is 1. The monoisotopic (exact) mass is 69.0 g/mol. The van der Waals surface area contributed by atoms with E-state index in [1.54, 1.807) is 0 Å². The molecule has 0 aliphatic carbocycles. The molecule has 2 nitrogen and oxygen atoms in total. The van der Waals surface area contributed by atoms with Crippen molar-refractivity contribution in [1.29, 1.82) is 0 Å². The summed E-state index contributed by atoms with van der Waals surface area (Å²) in [6, 6.07) is 0.426. The lowest BCUT2D eigenvalue weighted by Gasteiger charge is -1.49. The predicted molar refractivity (Wildman–Crippen MR) is 18.6 cm³/mol. The summed E-state index contributed by atoms with van der Waals surface area (Å²) in [6.45, 7) is 0.